The van der Waals surface area contributed by atoms with E-state index in [0.29, 0.717) is 79.2 Å². The summed E-state index contributed by atoms with van der Waals surface area (Å²) in [6.07, 6.45) is 53.0. The van der Waals surface area contributed by atoms with Crippen molar-refractivity contribution in [1.29, 1.82) is 0 Å². The Hall–Kier alpha value is -1.33. The predicted octanol–water partition coefficient (Wildman–Crippen LogP) is 15.5. The summed E-state index contributed by atoms with van der Waals surface area (Å²) in [5, 5.41) is 8.80. The molecule has 0 saturated carbocycles. The van der Waals surface area contributed by atoms with Crippen molar-refractivity contribution in [2.24, 2.45) is 0 Å². The molecule has 9 heteroatoms. The molecule has 0 bridgehead atoms. The first-order valence-electron chi connectivity index (χ1n) is 29.4. The molecule has 0 heterocycles. The van der Waals surface area contributed by atoms with Gasteiger partial charge in [-0.1, -0.05) is 200 Å². The fraction of sp³-hybridized carbons (Fsp3) is 0.915. The Morgan fingerprint density at radius 1 is 0.412 bits per heavy atom. The van der Waals surface area contributed by atoms with Crippen molar-refractivity contribution in [2.75, 3.05) is 85.8 Å². The predicted molar refractivity (Wildman–Crippen MR) is 289 cm³/mol. The van der Waals surface area contributed by atoms with Crippen LogP contribution in [0.4, 0.5) is 0 Å². The van der Waals surface area contributed by atoms with Crippen LogP contribution in [-0.4, -0.2) is 114 Å². The number of ether oxygens (including phenoxy) is 6. The van der Waals surface area contributed by atoms with E-state index in [9.17, 15) is 4.79 Å². The van der Waals surface area contributed by atoms with Gasteiger partial charge < -0.3 is 38.4 Å². The highest BCUT2D eigenvalue weighted by Crippen LogP contribution is 2.18. The van der Waals surface area contributed by atoms with E-state index in [-0.39, 0.29) is 18.6 Å². The van der Waals surface area contributed by atoms with Gasteiger partial charge in [-0.25, -0.2) is 0 Å². The smallest absolute Gasteiger partial charge is 0.254 e. The monoisotopic (exact) mass is 966 g/mol. The van der Waals surface area contributed by atoms with E-state index in [1.807, 2.05) is 4.90 Å². The van der Waals surface area contributed by atoms with Gasteiger partial charge in [-0.2, -0.15) is 0 Å². The molecular weight excluding hydrogens is 851 g/mol. The quantitative estimate of drug-likeness (QED) is 0.0476. The van der Waals surface area contributed by atoms with Gasteiger partial charge in [0.25, 0.3) is 5.91 Å². The minimum atomic E-state index is -0.596. The Balaban J connectivity index is 4.87. The van der Waals surface area contributed by atoms with Gasteiger partial charge in [-0.05, 0) is 77.0 Å². The maximum Gasteiger partial charge on any atom is 0.254 e. The van der Waals surface area contributed by atoms with E-state index in [4.69, 9.17) is 33.5 Å². The van der Waals surface area contributed by atoms with Gasteiger partial charge in [-0.3, -0.25) is 4.79 Å². The number of hydrogen-bond donors (Lipinski definition) is 1. The molecule has 404 valence electrons. The van der Waals surface area contributed by atoms with Crippen LogP contribution in [0.1, 0.15) is 252 Å². The molecule has 0 aliphatic heterocycles. The van der Waals surface area contributed by atoms with Crippen LogP contribution in [0.2, 0.25) is 0 Å². The molecule has 2 unspecified atom stereocenters. The Kier molecular flexibility index (Phi) is 57.1. The molecule has 0 rings (SSSR count). The lowest BCUT2D eigenvalue weighted by Gasteiger charge is -2.34. The van der Waals surface area contributed by atoms with E-state index in [1.54, 1.807) is 0 Å². The van der Waals surface area contributed by atoms with Crippen LogP contribution in [0.5, 0.6) is 0 Å². The summed E-state index contributed by atoms with van der Waals surface area (Å²) in [6.45, 7) is 14.7. The van der Waals surface area contributed by atoms with Crippen molar-refractivity contribution in [2.45, 2.75) is 265 Å². The minimum Gasteiger partial charge on any atom is -0.394 e. The number of carbonyl (C=O) groups is 1. The number of carbonyl (C=O) groups excluding carboxylic acids is 1. The zero-order valence-electron chi connectivity index (χ0n) is 45.7. The van der Waals surface area contributed by atoms with Crippen molar-refractivity contribution in [3.8, 4) is 0 Å². The van der Waals surface area contributed by atoms with Crippen molar-refractivity contribution < 1.29 is 38.3 Å². The maximum atomic E-state index is 14.5. The lowest BCUT2D eigenvalue weighted by Crippen LogP contribution is -2.49. The highest BCUT2D eigenvalue weighted by molar-refractivity contribution is 5.81. The van der Waals surface area contributed by atoms with E-state index in [1.165, 1.54) is 180 Å². The first-order valence-corrected chi connectivity index (χ1v) is 29.4. The van der Waals surface area contributed by atoms with Gasteiger partial charge in [0.2, 0.25) is 0 Å². The van der Waals surface area contributed by atoms with Gasteiger partial charge in [0.15, 0.2) is 6.10 Å². The second-order valence-corrected chi connectivity index (χ2v) is 19.3. The number of allylic oxidation sites excluding steroid dienone is 4. The van der Waals surface area contributed by atoms with Crippen LogP contribution in [-0.2, 0) is 33.2 Å². The fourth-order valence-corrected chi connectivity index (χ4v) is 8.62. The molecule has 9 nitrogen and oxygen atoms in total. The molecule has 0 aliphatic carbocycles. The summed E-state index contributed by atoms with van der Waals surface area (Å²) >= 11 is 0. The number of amides is 1. The van der Waals surface area contributed by atoms with Crippen molar-refractivity contribution >= 4 is 5.91 Å². The molecule has 1 amide bonds. The first-order chi connectivity index (χ1) is 33.7. The van der Waals surface area contributed by atoms with Gasteiger partial charge >= 0.3 is 0 Å². The lowest BCUT2D eigenvalue weighted by atomic mass is 10.0. The third-order valence-electron chi connectivity index (χ3n) is 13.0. The van der Waals surface area contributed by atoms with E-state index in [0.717, 1.165) is 44.9 Å². The Morgan fingerprint density at radius 3 is 1.21 bits per heavy atom. The highest BCUT2D eigenvalue weighted by Gasteiger charge is 2.30. The van der Waals surface area contributed by atoms with Crippen molar-refractivity contribution in [3.63, 3.8) is 0 Å². The standard InChI is InChI=1S/C59H115NO8/c1-5-9-12-14-16-18-20-22-24-26-27-28-30-32-34-36-38-41-46-67-56-58(68-47-42-39-37-35-33-31-29-25-23-21-19-17-15-13-10-6-2)59(62)60(57(8-4)43-40-11-7-3)44-48-63-50-52-65-54-55-66-53-51-64-49-45-61/h22-25,57-58,61H,5-21,26-56H2,1-4H3/b24-22-,25-23-. The zero-order valence-corrected chi connectivity index (χ0v) is 45.7. The molecule has 0 aromatic heterocycles. The summed E-state index contributed by atoms with van der Waals surface area (Å²) in [5.41, 5.74) is 0. The van der Waals surface area contributed by atoms with Gasteiger partial charge in [0, 0.05) is 25.8 Å². The highest BCUT2D eigenvalue weighted by atomic mass is 16.6. The number of nitrogens with zero attached hydrogens (tertiary/aromatic N) is 1. The van der Waals surface area contributed by atoms with Crippen LogP contribution in [0.25, 0.3) is 0 Å². The molecule has 0 aromatic carbocycles. The largest absolute Gasteiger partial charge is 0.394 e. The van der Waals surface area contributed by atoms with Crippen LogP contribution in [0.15, 0.2) is 24.3 Å². The summed E-state index contributed by atoms with van der Waals surface area (Å²) in [4.78, 5) is 16.5. The molecular formula is C59H115NO8. The second kappa shape index (κ2) is 58.2. The molecule has 68 heavy (non-hydrogen) atoms. The molecule has 0 saturated heterocycles. The van der Waals surface area contributed by atoms with Crippen LogP contribution in [0, 0.1) is 0 Å². The summed E-state index contributed by atoms with van der Waals surface area (Å²) < 4.78 is 35.1. The molecule has 1 N–H and O–H groups in total. The van der Waals surface area contributed by atoms with Gasteiger partial charge in [-0.15, -0.1) is 0 Å². The van der Waals surface area contributed by atoms with Crippen LogP contribution < -0.4 is 0 Å². The normalized spacial score (nSPS) is 12.8. The Labute approximate surface area is 422 Å². The second-order valence-electron chi connectivity index (χ2n) is 19.3. The summed E-state index contributed by atoms with van der Waals surface area (Å²) in [7, 11) is 0. The third kappa shape index (κ3) is 48.3. The number of aliphatic hydroxyl groups excluding tert-OH is 1. The number of hydrogen-bond acceptors (Lipinski definition) is 8. The fourth-order valence-electron chi connectivity index (χ4n) is 8.62. The number of aliphatic hydroxyl groups is 1. The number of rotatable bonds is 58. The topological polar surface area (TPSA) is 95.9 Å². The third-order valence-corrected chi connectivity index (χ3v) is 13.0. The maximum absolute atomic E-state index is 14.5. The molecule has 0 fully saturated rings. The molecule has 0 spiro atoms. The SMILES string of the molecule is CCCCCCCC/C=C\CCCCCCCCCCOCC(OCCCCCCCC/C=C\CCCCCCCC)C(=O)N(CCOCCOCCOCCOCCO)C(CC)CCCCC. The van der Waals surface area contributed by atoms with Gasteiger partial charge in [0.1, 0.15) is 0 Å². The molecule has 0 aliphatic rings. The van der Waals surface area contributed by atoms with E-state index >= 15 is 0 Å². The Bertz CT molecular complexity index is 1030. The zero-order chi connectivity index (χ0) is 49.3. The van der Waals surface area contributed by atoms with E-state index in [2.05, 4.69) is 52.0 Å². The Morgan fingerprint density at radius 2 is 0.779 bits per heavy atom. The average Bonchev–Trinajstić information content (AvgIpc) is 3.35. The molecule has 2 atom stereocenters. The van der Waals surface area contributed by atoms with Crippen LogP contribution in [0.3, 0.4) is 0 Å². The van der Waals surface area contributed by atoms with Gasteiger partial charge in [0.05, 0.1) is 66.1 Å². The average molecular weight is 967 g/mol. The van der Waals surface area contributed by atoms with E-state index < -0.39 is 6.10 Å². The lowest BCUT2D eigenvalue weighted by molar-refractivity contribution is -0.152. The summed E-state index contributed by atoms with van der Waals surface area (Å²) in [5.74, 6) is 0.0474. The minimum absolute atomic E-state index is 0.0205. The molecule has 0 radical (unpaired) electrons. The first kappa shape index (κ1) is 66.7. The van der Waals surface area contributed by atoms with Crippen molar-refractivity contribution in [3.05, 3.63) is 24.3 Å². The van der Waals surface area contributed by atoms with Crippen molar-refractivity contribution in [1.82, 2.24) is 4.90 Å². The molecule has 0 aromatic rings. The number of unbranched alkanes of at least 4 members (excludes halogenated alkanes) is 28. The van der Waals surface area contributed by atoms with Crippen LogP contribution >= 0.6 is 0 Å². The summed E-state index contributed by atoms with van der Waals surface area (Å²) in [6, 6.07) is 0.148.